The number of nitrogens with one attached hydrogen (secondary N) is 2. The molecule has 28 heavy (non-hydrogen) atoms. The molecule has 0 aromatic heterocycles. The maximum Gasteiger partial charge on any atom is 0.315 e. The summed E-state index contributed by atoms with van der Waals surface area (Å²) in [6.07, 6.45) is 2.45. The highest BCUT2D eigenvalue weighted by molar-refractivity contribution is 5.84. The minimum Gasteiger partial charge on any atom is -0.481 e. The van der Waals surface area contributed by atoms with E-state index in [1.807, 2.05) is 18.2 Å². The predicted molar refractivity (Wildman–Crippen MR) is 105 cm³/mol. The molecule has 3 amide bonds. The average Bonchev–Trinajstić information content (AvgIpc) is 2.73. The Labute approximate surface area is 164 Å². The third-order valence-electron chi connectivity index (χ3n) is 5.57. The molecule has 0 spiro atoms. The first-order valence-corrected chi connectivity index (χ1v) is 9.88. The molecule has 8 nitrogen and oxygen atoms in total. The van der Waals surface area contributed by atoms with Crippen LogP contribution in [0.4, 0.5) is 10.5 Å². The molecule has 152 valence electrons. The fourth-order valence-electron chi connectivity index (χ4n) is 3.84. The molecule has 1 aliphatic carbocycles. The molecule has 0 radical (unpaired) electrons. The van der Waals surface area contributed by atoms with Gasteiger partial charge in [0.05, 0.1) is 12.5 Å². The van der Waals surface area contributed by atoms with Gasteiger partial charge in [-0.25, -0.2) is 4.79 Å². The summed E-state index contributed by atoms with van der Waals surface area (Å²) in [6.45, 7) is 2.79. The van der Waals surface area contributed by atoms with Gasteiger partial charge in [0, 0.05) is 37.9 Å². The van der Waals surface area contributed by atoms with Crippen molar-refractivity contribution >= 4 is 23.6 Å². The van der Waals surface area contributed by atoms with Gasteiger partial charge in [0.25, 0.3) is 0 Å². The highest BCUT2D eigenvalue weighted by Crippen LogP contribution is 2.24. The van der Waals surface area contributed by atoms with E-state index in [1.165, 1.54) is 0 Å². The molecule has 0 unspecified atom stereocenters. The van der Waals surface area contributed by atoms with Crippen LogP contribution in [0.25, 0.3) is 0 Å². The minimum atomic E-state index is -0.763. The van der Waals surface area contributed by atoms with E-state index in [1.54, 1.807) is 4.90 Å². The van der Waals surface area contributed by atoms with Crippen molar-refractivity contribution in [3.05, 3.63) is 30.3 Å². The van der Waals surface area contributed by atoms with Gasteiger partial charge >= 0.3 is 12.0 Å². The van der Waals surface area contributed by atoms with Crippen LogP contribution >= 0.6 is 0 Å². The van der Waals surface area contributed by atoms with Crippen LogP contribution in [0.5, 0.6) is 0 Å². The quantitative estimate of drug-likeness (QED) is 0.705. The Morgan fingerprint density at radius 3 is 2.21 bits per heavy atom. The molecule has 1 aliphatic heterocycles. The van der Waals surface area contributed by atoms with Gasteiger partial charge in [-0.1, -0.05) is 18.2 Å². The maximum atomic E-state index is 12.4. The predicted octanol–water partition coefficient (Wildman–Crippen LogP) is 1.28. The first-order valence-electron chi connectivity index (χ1n) is 9.88. The lowest BCUT2D eigenvalue weighted by Gasteiger charge is -2.36. The Bertz CT molecular complexity index is 681. The van der Waals surface area contributed by atoms with Gasteiger partial charge in [0.1, 0.15) is 0 Å². The molecule has 1 heterocycles. The molecule has 0 bridgehead atoms. The number of amides is 3. The Morgan fingerprint density at radius 2 is 1.61 bits per heavy atom. The lowest BCUT2D eigenvalue weighted by atomic mass is 9.86. The van der Waals surface area contributed by atoms with E-state index in [-0.39, 0.29) is 30.4 Å². The van der Waals surface area contributed by atoms with Crippen LogP contribution in [0.1, 0.15) is 25.7 Å². The number of anilines is 1. The van der Waals surface area contributed by atoms with Gasteiger partial charge in [0.15, 0.2) is 0 Å². The second-order valence-corrected chi connectivity index (χ2v) is 7.42. The van der Waals surface area contributed by atoms with Crippen molar-refractivity contribution in [3.63, 3.8) is 0 Å². The summed E-state index contributed by atoms with van der Waals surface area (Å²) in [5.74, 6) is -1.16. The number of carboxylic acids is 1. The minimum absolute atomic E-state index is 0.0261. The summed E-state index contributed by atoms with van der Waals surface area (Å²) in [4.78, 5) is 39.4. The van der Waals surface area contributed by atoms with Crippen molar-refractivity contribution in [2.75, 3.05) is 37.6 Å². The number of urea groups is 1. The van der Waals surface area contributed by atoms with E-state index in [0.29, 0.717) is 38.8 Å². The highest BCUT2D eigenvalue weighted by atomic mass is 16.4. The number of benzene rings is 1. The molecule has 0 atom stereocenters. The zero-order chi connectivity index (χ0) is 19.9. The Morgan fingerprint density at radius 1 is 0.964 bits per heavy atom. The first kappa shape index (κ1) is 20.0. The average molecular weight is 388 g/mol. The van der Waals surface area contributed by atoms with Gasteiger partial charge in [-0.15, -0.1) is 0 Å². The lowest BCUT2D eigenvalue weighted by molar-refractivity contribution is -0.142. The Balaban J connectivity index is 1.34. The fraction of sp³-hybridized carbons (Fsp3) is 0.550. The summed E-state index contributed by atoms with van der Waals surface area (Å²) < 4.78 is 0. The molecular formula is C20H28N4O4. The zero-order valence-corrected chi connectivity index (χ0v) is 16.0. The second-order valence-electron chi connectivity index (χ2n) is 7.42. The third-order valence-corrected chi connectivity index (χ3v) is 5.57. The second kappa shape index (κ2) is 9.43. The topological polar surface area (TPSA) is 102 Å². The number of carbonyl (C=O) groups is 3. The van der Waals surface area contributed by atoms with Crippen LogP contribution in [0.3, 0.4) is 0 Å². The van der Waals surface area contributed by atoms with Crippen LogP contribution in [0, 0.1) is 5.92 Å². The molecule has 1 aromatic rings. The maximum absolute atomic E-state index is 12.4. The monoisotopic (exact) mass is 388 g/mol. The Kier molecular flexibility index (Phi) is 6.73. The van der Waals surface area contributed by atoms with E-state index < -0.39 is 5.97 Å². The Hall–Kier alpha value is -2.77. The SMILES string of the molecule is O=C(NCC(=O)N1CCN(c2ccccc2)CC1)NC1CCC(C(=O)O)CC1. The van der Waals surface area contributed by atoms with Crippen LogP contribution < -0.4 is 15.5 Å². The van der Waals surface area contributed by atoms with Gasteiger partial charge in [-0.3, -0.25) is 9.59 Å². The number of aliphatic carboxylic acids is 1. The van der Waals surface area contributed by atoms with Gasteiger partial charge in [-0.05, 0) is 37.8 Å². The van der Waals surface area contributed by atoms with Gasteiger partial charge in [0.2, 0.25) is 5.91 Å². The molecule has 2 fully saturated rings. The number of nitrogens with zero attached hydrogens (tertiary/aromatic N) is 2. The molecule has 3 N–H and O–H groups in total. The molecule has 3 rings (SSSR count). The fourth-order valence-corrected chi connectivity index (χ4v) is 3.84. The molecule has 1 saturated carbocycles. The molecule has 2 aliphatic rings. The smallest absolute Gasteiger partial charge is 0.315 e. The van der Waals surface area contributed by atoms with Crippen molar-refractivity contribution in [2.45, 2.75) is 31.7 Å². The van der Waals surface area contributed by atoms with E-state index in [2.05, 4.69) is 27.7 Å². The first-order chi connectivity index (χ1) is 13.5. The summed E-state index contributed by atoms with van der Waals surface area (Å²) in [5.41, 5.74) is 1.16. The number of para-hydroxylation sites is 1. The van der Waals surface area contributed by atoms with Gasteiger partial charge in [-0.2, -0.15) is 0 Å². The van der Waals surface area contributed by atoms with Crippen LogP contribution in [-0.4, -0.2) is 66.7 Å². The van der Waals surface area contributed by atoms with E-state index >= 15 is 0 Å². The lowest BCUT2D eigenvalue weighted by Crippen LogP contribution is -2.52. The van der Waals surface area contributed by atoms with E-state index in [9.17, 15) is 14.4 Å². The highest BCUT2D eigenvalue weighted by Gasteiger charge is 2.27. The van der Waals surface area contributed by atoms with Crippen LogP contribution in [0.15, 0.2) is 30.3 Å². The number of hydrogen-bond donors (Lipinski definition) is 3. The number of hydrogen-bond acceptors (Lipinski definition) is 4. The van der Waals surface area contributed by atoms with Crippen molar-refractivity contribution < 1.29 is 19.5 Å². The number of piperazine rings is 1. The molecular weight excluding hydrogens is 360 g/mol. The standard InChI is InChI=1S/C20H28N4O4/c25-18(24-12-10-23(11-13-24)17-4-2-1-3-5-17)14-21-20(28)22-16-8-6-15(7-9-16)19(26)27/h1-5,15-16H,6-14H2,(H,26,27)(H2,21,22,28). The number of carbonyl (C=O) groups excluding carboxylic acids is 2. The van der Waals surface area contributed by atoms with Crippen molar-refractivity contribution in [1.82, 2.24) is 15.5 Å². The number of carboxylic acid groups (broad SMARTS) is 1. The van der Waals surface area contributed by atoms with Crippen molar-refractivity contribution in [2.24, 2.45) is 5.92 Å². The molecule has 1 saturated heterocycles. The molecule has 1 aromatic carbocycles. The van der Waals surface area contributed by atoms with Crippen LogP contribution in [0.2, 0.25) is 0 Å². The summed E-state index contributed by atoms with van der Waals surface area (Å²) in [6, 6.07) is 9.72. The largest absolute Gasteiger partial charge is 0.481 e. The third kappa shape index (κ3) is 5.37. The van der Waals surface area contributed by atoms with E-state index in [4.69, 9.17) is 5.11 Å². The van der Waals surface area contributed by atoms with Gasteiger partial charge < -0.3 is 25.5 Å². The van der Waals surface area contributed by atoms with Crippen LogP contribution in [-0.2, 0) is 9.59 Å². The van der Waals surface area contributed by atoms with Crippen molar-refractivity contribution in [3.8, 4) is 0 Å². The summed E-state index contributed by atoms with van der Waals surface area (Å²) in [5, 5.41) is 14.5. The summed E-state index contributed by atoms with van der Waals surface area (Å²) in [7, 11) is 0. The summed E-state index contributed by atoms with van der Waals surface area (Å²) >= 11 is 0. The zero-order valence-electron chi connectivity index (χ0n) is 16.0. The normalized spacial score (nSPS) is 22.4. The number of rotatable bonds is 5. The molecule has 8 heteroatoms. The van der Waals surface area contributed by atoms with Crippen molar-refractivity contribution in [1.29, 1.82) is 0 Å². The van der Waals surface area contributed by atoms with E-state index in [0.717, 1.165) is 18.8 Å².